The van der Waals surface area contributed by atoms with Crippen molar-refractivity contribution in [1.82, 2.24) is 24.6 Å². The highest BCUT2D eigenvalue weighted by Gasteiger charge is 2.25. The van der Waals surface area contributed by atoms with Crippen LogP contribution in [0.25, 0.3) is 0 Å². The molecule has 1 saturated heterocycles. The van der Waals surface area contributed by atoms with Crippen molar-refractivity contribution in [2.45, 2.75) is 46.1 Å². The summed E-state index contributed by atoms with van der Waals surface area (Å²) in [5.74, 6) is 1.87. The van der Waals surface area contributed by atoms with Crippen LogP contribution in [0.2, 0.25) is 0 Å². The van der Waals surface area contributed by atoms with E-state index in [0.717, 1.165) is 45.3 Å². The largest absolute Gasteiger partial charge is 0.337 e. The minimum atomic E-state index is 0.0595. The number of likely N-dealkylation sites (tertiary alicyclic amines) is 1. The lowest BCUT2D eigenvalue weighted by Gasteiger charge is -2.31. The van der Waals surface area contributed by atoms with Crippen LogP contribution in [0.3, 0.4) is 0 Å². The summed E-state index contributed by atoms with van der Waals surface area (Å²) in [4.78, 5) is 18.8. The van der Waals surface area contributed by atoms with Crippen LogP contribution in [0.5, 0.6) is 0 Å². The SMILES string of the molecule is CCCn1c(C)cnc1CC1CCN(C(=O)c2ccn[nH]2)CC1. The number of hydrogen-bond donors (Lipinski definition) is 1. The van der Waals surface area contributed by atoms with Crippen LogP contribution in [0, 0.1) is 12.8 Å². The molecule has 0 unspecified atom stereocenters. The molecule has 3 rings (SSSR count). The molecule has 0 saturated carbocycles. The van der Waals surface area contributed by atoms with E-state index < -0.39 is 0 Å². The quantitative estimate of drug-likeness (QED) is 0.921. The van der Waals surface area contributed by atoms with Crippen LogP contribution in [0.1, 0.15) is 48.2 Å². The van der Waals surface area contributed by atoms with E-state index in [9.17, 15) is 4.79 Å². The number of rotatable bonds is 5. The lowest BCUT2D eigenvalue weighted by molar-refractivity contribution is 0.0683. The van der Waals surface area contributed by atoms with Crippen LogP contribution in [0.4, 0.5) is 0 Å². The topological polar surface area (TPSA) is 66.8 Å². The molecule has 0 bridgehead atoms. The molecule has 1 amide bonds. The third kappa shape index (κ3) is 3.46. The number of imidazole rings is 1. The zero-order valence-corrected chi connectivity index (χ0v) is 14.0. The van der Waals surface area contributed by atoms with Gasteiger partial charge < -0.3 is 9.47 Å². The zero-order valence-electron chi connectivity index (χ0n) is 14.0. The first-order valence-corrected chi connectivity index (χ1v) is 8.48. The maximum Gasteiger partial charge on any atom is 0.271 e. The Kier molecular flexibility index (Phi) is 4.79. The summed E-state index contributed by atoms with van der Waals surface area (Å²) in [7, 11) is 0. The molecule has 124 valence electrons. The Labute approximate surface area is 136 Å². The molecule has 0 atom stereocenters. The molecule has 2 aromatic rings. The Hall–Kier alpha value is -2.11. The van der Waals surface area contributed by atoms with E-state index in [4.69, 9.17) is 0 Å². The number of piperidine rings is 1. The fourth-order valence-corrected chi connectivity index (χ4v) is 3.35. The molecule has 0 aliphatic carbocycles. The first-order chi connectivity index (χ1) is 11.2. The number of amides is 1. The molecule has 1 aliphatic rings. The van der Waals surface area contributed by atoms with Crippen LogP contribution in [0.15, 0.2) is 18.5 Å². The number of hydrogen-bond acceptors (Lipinski definition) is 3. The van der Waals surface area contributed by atoms with Crippen molar-refractivity contribution in [3.63, 3.8) is 0 Å². The summed E-state index contributed by atoms with van der Waals surface area (Å²) < 4.78 is 2.34. The Morgan fingerprint density at radius 3 is 2.83 bits per heavy atom. The van der Waals surface area contributed by atoms with Gasteiger partial charge in [-0.05, 0) is 38.2 Å². The van der Waals surface area contributed by atoms with Gasteiger partial charge in [0.1, 0.15) is 11.5 Å². The van der Waals surface area contributed by atoms with Crippen LogP contribution >= 0.6 is 0 Å². The smallest absolute Gasteiger partial charge is 0.271 e. The van der Waals surface area contributed by atoms with Gasteiger partial charge in [0.2, 0.25) is 0 Å². The number of H-pyrrole nitrogens is 1. The van der Waals surface area contributed by atoms with Crippen molar-refractivity contribution < 1.29 is 4.79 Å². The molecule has 23 heavy (non-hydrogen) atoms. The standard InChI is InChI=1S/C17H25N5O/c1-3-8-22-13(2)12-18-16(22)11-14-5-9-21(10-6-14)17(23)15-4-7-19-20-15/h4,7,12,14H,3,5-6,8-11H2,1-2H3,(H,19,20). The highest BCUT2D eigenvalue weighted by molar-refractivity contribution is 5.92. The summed E-state index contributed by atoms with van der Waals surface area (Å²) in [6, 6.07) is 1.73. The van der Waals surface area contributed by atoms with E-state index in [1.54, 1.807) is 12.3 Å². The second-order valence-electron chi connectivity index (χ2n) is 6.38. The van der Waals surface area contributed by atoms with E-state index in [2.05, 4.69) is 33.6 Å². The van der Waals surface area contributed by atoms with Crippen molar-refractivity contribution >= 4 is 5.91 Å². The van der Waals surface area contributed by atoms with Crippen LogP contribution in [-0.2, 0) is 13.0 Å². The average molecular weight is 315 g/mol. The fraction of sp³-hybridized carbons (Fsp3) is 0.588. The van der Waals surface area contributed by atoms with Gasteiger partial charge in [-0.2, -0.15) is 5.10 Å². The second-order valence-corrected chi connectivity index (χ2v) is 6.38. The minimum absolute atomic E-state index is 0.0595. The van der Waals surface area contributed by atoms with Gasteiger partial charge in [0.25, 0.3) is 5.91 Å². The van der Waals surface area contributed by atoms with Crippen molar-refractivity contribution in [2.75, 3.05) is 13.1 Å². The maximum atomic E-state index is 12.3. The molecule has 6 nitrogen and oxygen atoms in total. The van der Waals surface area contributed by atoms with Crippen molar-refractivity contribution in [2.24, 2.45) is 5.92 Å². The van der Waals surface area contributed by atoms with Crippen LogP contribution in [-0.4, -0.2) is 43.6 Å². The molecule has 1 fully saturated rings. The molecule has 0 aromatic carbocycles. The van der Waals surface area contributed by atoms with Gasteiger partial charge in [0.15, 0.2) is 0 Å². The molecular weight excluding hydrogens is 290 g/mol. The molecule has 3 heterocycles. The highest BCUT2D eigenvalue weighted by Crippen LogP contribution is 2.23. The molecule has 0 spiro atoms. The van der Waals surface area contributed by atoms with Gasteiger partial charge in [-0.25, -0.2) is 4.98 Å². The number of nitrogens with one attached hydrogen (secondary N) is 1. The van der Waals surface area contributed by atoms with Gasteiger partial charge in [0, 0.05) is 44.1 Å². The molecule has 1 aliphatic heterocycles. The fourth-order valence-electron chi connectivity index (χ4n) is 3.35. The lowest BCUT2D eigenvalue weighted by atomic mass is 9.93. The number of carbonyl (C=O) groups excluding carboxylic acids is 1. The average Bonchev–Trinajstić information content (AvgIpc) is 3.21. The van der Waals surface area contributed by atoms with Gasteiger partial charge in [-0.1, -0.05) is 6.92 Å². The summed E-state index contributed by atoms with van der Waals surface area (Å²) in [6.45, 7) is 6.99. The predicted molar refractivity (Wildman–Crippen MR) is 88.2 cm³/mol. The normalized spacial score (nSPS) is 16.0. The monoisotopic (exact) mass is 315 g/mol. The van der Waals surface area contributed by atoms with Gasteiger partial charge in [0.05, 0.1) is 0 Å². The third-order valence-corrected chi connectivity index (χ3v) is 4.69. The van der Waals surface area contributed by atoms with Crippen molar-refractivity contribution in [1.29, 1.82) is 0 Å². The third-order valence-electron chi connectivity index (χ3n) is 4.69. The highest BCUT2D eigenvalue weighted by atomic mass is 16.2. The van der Waals surface area contributed by atoms with Gasteiger partial charge in [-0.3, -0.25) is 9.89 Å². The predicted octanol–water partition coefficient (Wildman–Crippen LogP) is 2.42. The second kappa shape index (κ2) is 6.98. The molecule has 2 aromatic heterocycles. The number of aromatic nitrogens is 4. The van der Waals surface area contributed by atoms with E-state index in [-0.39, 0.29) is 5.91 Å². The Bertz CT molecular complexity index is 638. The maximum absolute atomic E-state index is 12.3. The summed E-state index contributed by atoms with van der Waals surface area (Å²) in [5, 5.41) is 6.61. The zero-order chi connectivity index (χ0) is 16.2. The minimum Gasteiger partial charge on any atom is -0.337 e. The van der Waals surface area contributed by atoms with Crippen LogP contribution < -0.4 is 0 Å². The van der Waals surface area contributed by atoms with E-state index in [1.807, 2.05) is 11.1 Å². The first-order valence-electron chi connectivity index (χ1n) is 8.48. The summed E-state index contributed by atoms with van der Waals surface area (Å²) in [6.07, 6.45) is 7.81. The van der Waals surface area contributed by atoms with Crippen molar-refractivity contribution in [3.8, 4) is 0 Å². The summed E-state index contributed by atoms with van der Waals surface area (Å²) in [5.41, 5.74) is 1.83. The number of nitrogens with zero attached hydrogens (tertiary/aromatic N) is 4. The Morgan fingerprint density at radius 1 is 1.39 bits per heavy atom. The lowest BCUT2D eigenvalue weighted by Crippen LogP contribution is -2.39. The summed E-state index contributed by atoms with van der Waals surface area (Å²) >= 11 is 0. The van der Waals surface area contributed by atoms with E-state index in [1.165, 1.54) is 11.5 Å². The Morgan fingerprint density at radius 2 is 2.17 bits per heavy atom. The van der Waals surface area contributed by atoms with Crippen molar-refractivity contribution in [3.05, 3.63) is 35.7 Å². The van der Waals surface area contributed by atoms with E-state index >= 15 is 0 Å². The van der Waals surface area contributed by atoms with Gasteiger partial charge in [-0.15, -0.1) is 0 Å². The molecule has 1 N–H and O–H groups in total. The molecular formula is C17H25N5O. The number of aryl methyl sites for hydroxylation is 1. The van der Waals surface area contributed by atoms with Gasteiger partial charge >= 0.3 is 0 Å². The number of aromatic amines is 1. The van der Waals surface area contributed by atoms with E-state index in [0.29, 0.717) is 11.6 Å². The Balaban J connectivity index is 1.56. The number of carbonyl (C=O) groups is 1. The molecule has 0 radical (unpaired) electrons. The molecule has 6 heteroatoms. The first kappa shape index (κ1) is 15.8.